The van der Waals surface area contributed by atoms with E-state index in [2.05, 4.69) is 13.8 Å². The second-order valence-electron chi connectivity index (χ2n) is 6.38. The molecule has 0 aromatic heterocycles. The van der Waals surface area contributed by atoms with E-state index >= 15 is 0 Å². The van der Waals surface area contributed by atoms with Crippen LogP contribution in [-0.4, -0.2) is 42.4 Å². The van der Waals surface area contributed by atoms with Crippen LogP contribution < -0.4 is 0 Å². The molecule has 17 heavy (non-hydrogen) atoms. The van der Waals surface area contributed by atoms with Crippen LogP contribution in [0.3, 0.4) is 0 Å². The first-order valence-electron chi connectivity index (χ1n) is 6.47. The first-order valence-corrected chi connectivity index (χ1v) is 6.47. The molecule has 3 aliphatic rings. The molecule has 0 aromatic carbocycles. The van der Waals surface area contributed by atoms with Gasteiger partial charge in [0.1, 0.15) is 11.7 Å². The van der Waals surface area contributed by atoms with E-state index in [4.69, 9.17) is 18.9 Å². The summed E-state index contributed by atoms with van der Waals surface area (Å²) >= 11 is 0. The average Bonchev–Trinajstić information content (AvgIpc) is 2.71. The van der Waals surface area contributed by atoms with E-state index < -0.39 is 5.79 Å². The van der Waals surface area contributed by atoms with Gasteiger partial charge in [0.25, 0.3) is 0 Å². The molecule has 0 aliphatic carbocycles. The van der Waals surface area contributed by atoms with Crippen molar-refractivity contribution in [3.8, 4) is 0 Å². The lowest BCUT2D eigenvalue weighted by molar-refractivity contribution is -0.179. The third kappa shape index (κ3) is 2.01. The largest absolute Gasteiger partial charge is 0.367 e. The standard InChI is InChI=1S/C13H22O4/c1-11(2)14-7-10(16-11)12(3)6-5-9(17-12)13(4)8-15-13/h9-10H,5-8H2,1-4H3/t9-,10-,12+,13-/m1/s1. The van der Waals surface area contributed by atoms with Crippen molar-refractivity contribution in [1.82, 2.24) is 0 Å². The van der Waals surface area contributed by atoms with Crippen LogP contribution in [0.1, 0.15) is 40.5 Å². The molecule has 0 amide bonds. The zero-order valence-corrected chi connectivity index (χ0v) is 11.1. The lowest BCUT2D eigenvalue weighted by Crippen LogP contribution is -2.43. The normalized spacial score (nSPS) is 52.9. The summed E-state index contributed by atoms with van der Waals surface area (Å²) in [6, 6.07) is 0. The molecule has 0 unspecified atom stereocenters. The molecule has 4 nitrogen and oxygen atoms in total. The van der Waals surface area contributed by atoms with Crippen LogP contribution in [0.5, 0.6) is 0 Å². The maximum atomic E-state index is 6.22. The summed E-state index contributed by atoms with van der Waals surface area (Å²) in [5, 5.41) is 0. The van der Waals surface area contributed by atoms with E-state index in [1.54, 1.807) is 0 Å². The average molecular weight is 242 g/mol. The molecule has 3 aliphatic heterocycles. The highest BCUT2D eigenvalue weighted by Crippen LogP contribution is 2.46. The van der Waals surface area contributed by atoms with Crippen LogP contribution >= 0.6 is 0 Å². The Bertz CT molecular complexity index is 323. The third-order valence-corrected chi connectivity index (χ3v) is 4.28. The minimum atomic E-state index is -0.477. The first-order chi connectivity index (χ1) is 7.83. The van der Waals surface area contributed by atoms with Gasteiger partial charge in [-0.2, -0.15) is 0 Å². The van der Waals surface area contributed by atoms with E-state index in [0.29, 0.717) is 6.61 Å². The summed E-state index contributed by atoms with van der Waals surface area (Å²) < 4.78 is 23.3. The second-order valence-corrected chi connectivity index (χ2v) is 6.38. The summed E-state index contributed by atoms with van der Waals surface area (Å²) in [4.78, 5) is 0. The Morgan fingerprint density at radius 3 is 2.12 bits per heavy atom. The molecule has 3 rings (SSSR count). The highest BCUT2D eigenvalue weighted by molar-refractivity contribution is 5.04. The summed E-state index contributed by atoms with van der Waals surface area (Å²) in [6.45, 7) is 9.60. The predicted molar refractivity (Wildman–Crippen MR) is 61.8 cm³/mol. The van der Waals surface area contributed by atoms with Crippen molar-refractivity contribution in [2.45, 2.75) is 69.7 Å². The Morgan fingerprint density at radius 2 is 1.59 bits per heavy atom. The number of rotatable bonds is 2. The van der Waals surface area contributed by atoms with E-state index in [0.717, 1.165) is 19.4 Å². The van der Waals surface area contributed by atoms with Crippen molar-refractivity contribution in [2.24, 2.45) is 0 Å². The molecule has 4 heteroatoms. The number of hydrogen-bond acceptors (Lipinski definition) is 4. The van der Waals surface area contributed by atoms with Crippen molar-refractivity contribution in [3.63, 3.8) is 0 Å². The molecular formula is C13H22O4. The van der Waals surface area contributed by atoms with Gasteiger partial charge >= 0.3 is 0 Å². The Hall–Kier alpha value is -0.160. The summed E-state index contributed by atoms with van der Waals surface area (Å²) in [5.74, 6) is -0.477. The van der Waals surface area contributed by atoms with Gasteiger partial charge in [-0.05, 0) is 40.5 Å². The second kappa shape index (κ2) is 3.44. The molecule has 0 spiro atoms. The van der Waals surface area contributed by atoms with E-state index in [-0.39, 0.29) is 23.4 Å². The van der Waals surface area contributed by atoms with Crippen LogP contribution in [0.4, 0.5) is 0 Å². The summed E-state index contributed by atoms with van der Waals surface area (Å²) in [6.07, 6.45) is 2.30. The van der Waals surface area contributed by atoms with Gasteiger partial charge < -0.3 is 18.9 Å². The van der Waals surface area contributed by atoms with Gasteiger partial charge in [0.05, 0.1) is 24.9 Å². The Balaban J connectivity index is 1.67. The smallest absolute Gasteiger partial charge is 0.163 e. The Morgan fingerprint density at radius 1 is 0.882 bits per heavy atom. The van der Waals surface area contributed by atoms with E-state index in [1.807, 2.05) is 13.8 Å². The minimum Gasteiger partial charge on any atom is -0.367 e. The SMILES string of the molecule is CC1(C)OC[C@H]([C@]2(C)CC[C@H]([C@@]3(C)CO3)O2)O1. The highest BCUT2D eigenvalue weighted by atomic mass is 16.8. The molecule has 0 saturated carbocycles. The maximum absolute atomic E-state index is 6.22. The topological polar surface area (TPSA) is 40.2 Å². The van der Waals surface area contributed by atoms with Gasteiger partial charge in [-0.3, -0.25) is 0 Å². The van der Waals surface area contributed by atoms with E-state index in [1.165, 1.54) is 0 Å². The fraction of sp³-hybridized carbons (Fsp3) is 1.00. The van der Waals surface area contributed by atoms with Gasteiger partial charge in [-0.15, -0.1) is 0 Å². The van der Waals surface area contributed by atoms with Crippen molar-refractivity contribution in [2.75, 3.05) is 13.2 Å². The third-order valence-electron chi connectivity index (χ3n) is 4.28. The number of hydrogen-bond donors (Lipinski definition) is 0. The van der Waals surface area contributed by atoms with Gasteiger partial charge in [0.15, 0.2) is 5.79 Å². The van der Waals surface area contributed by atoms with Crippen LogP contribution in [0, 0.1) is 0 Å². The fourth-order valence-corrected chi connectivity index (χ4v) is 2.82. The number of epoxide rings is 1. The molecule has 98 valence electrons. The molecule has 0 aromatic rings. The van der Waals surface area contributed by atoms with Crippen LogP contribution in [-0.2, 0) is 18.9 Å². The predicted octanol–water partition coefficient (Wildman–Crippen LogP) is 1.86. The van der Waals surface area contributed by atoms with Crippen LogP contribution in [0.25, 0.3) is 0 Å². The lowest BCUT2D eigenvalue weighted by Gasteiger charge is -2.31. The summed E-state index contributed by atoms with van der Waals surface area (Å²) in [5.41, 5.74) is -0.278. The van der Waals surface area contributed by atoms with Crippen molar-refractivity contribution in [1.29, 1.82) is 0 Å². The lowest BCUT2D eigenvalue weighted by atomic mass is 9.94. The van der Waals surface area contributed by atoms with Gasteiger partial charge in [-0.25, -0.2) is 0 Å². The Kier molecular flexibility index (Phi) is 2.41. The summed E-state index contributed by atoms with van der Waals surface area (Å²) in [7, 11) is 0. The highest BCUT2D eigenvalue weighted by Gasteiger charge is 2.57. The van der Waals surface area contributed by atoms with Crippen molar-refractivity contribution in [3.05, 3.63) is 0 Å². The van der Waals surface area contributed by atoms with E-state index in [9.17, 15) is 0 Å². The van der Waals surface area contributed by atoms with Crippen LogP contribution in [0.2, 0.25) is 0 Å². The molecule has 3 saturated heterocycles. The van der Waals surface area contributed by atoms with Gasteiger partial charge in [0, 0.05) is 0 Å². The van der Waals surface area contributed by atoms with Crippen LogP contribution in [0.15, 0.2) is 0 Å². The van der Waals surface area contributed by atoms with Crippen molar-refractivity contribution < 1.29 is 18.9 Å². The van der Waals surface area contributed by atoms with Gasteiger partial charge in [0.2, 0.25) is 0 Å². The molecule has 4 atom stereocenters. The molecular weight excluding hydrogens is 220 g/mol. The quantitative estimate of drug-likeness (QED) is 0.693. The molecule has 0 radical (unpaired) electrons. The number of ether oxygens (including phenoxy) is 4. The van der Waals surface area contributed by atoms with Gasteiger partial charge in [-0.1, -0.05) is 0 Å². The first kappa shape index (κ1) is 11.9. The monoisotopic (exact) mass is 242 g/mol. The zero-order valence-electron chi connectivity index (χ0n) is 11.1. The minimum absolute atomic E-state index is 0.0323. The molecule has 3 fully saturated rings. The maximum Gasteiger partial charge on any atom is 0.163 e. The van der Waals surface area contributed by atoms with Crippen molar-refractivity contribution >= 4 is 0 Å². The molecule has 0 bridgehead atoms. The molecule has 3 heterocycles. The zero-order chi connectivity index (χ0) is 12.3. The Labute approximate surface area is 103 Å². The fourth-order valence-electron chi connectivity index (χ4n) is 2.82. The molecule has 0 N–H and O–H groups in total.